The maximum atomic E-state index is 12.5. The van der Waals surface area contributed by atoms with E-state index in [0.29, 0.717) is 11.6 Å². The summed E-state index contributed by atoms with van der Waals surface area (Å²) >= 11 is 0. The molecule has 0 saturated heterocycles. The van der Waals surface area contributed by atoms with Crippen molar-refractivity contribution in [2.75, 3.05) is 6.54 Å². The Morgan fingerprint density at radius 3 is 2.40 bits per heavy atom. The van der Waals surface area contributed by atoms with Gasteiger partial charge in [-0.25, -0.2) is 0 Å². The van der Waals surface area contributed by atoms with E-state index in [0.717, 1.165) is 25.7 Å². The van der Waals surface area contributed by atoms with Gasteiger partial charge < -0.3 is 5.73 Å². The van der Waals surface area contributed by atoms with E-state index in [1.165, 1.54) is 0 Å². The molecule has 0 aromatic heterocycles. The maximum Gasteiger partial charge on any atom is 0.231 e. The molecular formula is C16H22N2O2. The van der Waals surface area contributed by atoms with Crippen LogP contribution in [0.5, 0.6) is 0 Å². The number of benzene rings is 1. The number of nitrogens with two attached hydrogens (primary N) is 1. The van der Waals surface area contributed by atoms with Gasteiger partial charge in [-0.3, -0.25) is 14.5 Å². The van der Waals surface area contributed by atoms with E-state index < -0.39 is 0 Å². The minimum Gasteiger partial charge on any atom is -0.369 e. The number of nitrogens with zero attached hydrogens (tertiary/aromatic N) is 1. The van der Waals surface area contributed by atoms with E-state index in [2.05, 4.69) is 0 Å². The predicted molar refractivity (Wildman–Crippen MR) is 78.4 cm³/mol. The summed E-state index contributed by atoms with van der Waals surface area (Å²) in [6.45, 7) is 2.03. The number of amides is 1. The largest absolute Gasteiger partial charge is 0.369 e. The van der Waals surface area contributed by atoms with Crippen LogP contribution in [0.15, 0.2) is 30.3 Å². The van der Waals surface area contributed by atoms with E-state index in [1.807, 2.05) is 42.2 Å². The minimum atomic E-state index is -0.371. The smallest absolute Gasteiger partial charge is 0.231 e. The van der Waals surface area contributed by atoms with Crippen molar-refractivity contribution in [2.24, 2.45) is 5.73 Å². The first kappa shape index (κ1) is 14.7. The number of carbonyl (C=O) groups is 2. The summed E-state index contributed by atoms with van der Waals surface area (Å²) in [5.41, 5.74) is 6.03. The summed E-state index contributed by atoms with van der Waals surface area (Å²) in [5, 5.41) is 0. The third kappa shape index (κ3) is 3.45. The number of hydrogen-bond acceptors (Lipinski definition) is 3. The fourth-order valence-electron chi connectivity index (χ4n) is 2.99. The normalized spacial score (nSPS) is 17.3. The monoisotopic (exact) mass is 274 g/mol. The van der Waals surface area contributed by atoms with Crippen LogP contribution in [0.3, 0.4) is 0 Å². The molecule has 1 aliphatic rings. The molecule has 1 aromatic rings. The second-order valence-electron chi connectivity index (χ2n) is 5.48. The molecule has 0 spiro atoms. The van der Waals surface area contributed by atoms with Crippen LogP contribution in [0.1, 0.15) is 43.0 Å². The molecule has 4 heteroatoms. The third-order valence-corrected chi connectivity index (χ3v) is 4.07. The molecule has 0 aliphatic heterocycles. The molecule has 4 nitrogen and oxygen atoms in total. The van der Waals surface area contributed by atoms with Gasteiger partial charge in [0, 0.05) is 11.6 Å². The quantitative estimate of drug-likeness (QED) is 0.807. The molecule has 108 valence electrons. The molecular weight excluding hydrogens is 252 g/mol. The number of ketones is 1. The van der Waals surface area contributed by atoms with Gasteiger partial charge in [-0.05, 0) is 19.8 Å². The lowest BCUT2D eigenvalue weighted by Gasteiger charge is -2.32. The SMILES string of the molecule is CC(C(=O)c1ccccc1)N(CC(N)=O)C1CCCC1. The van der Waals surface area contributed by atoms with Gasteiger partial charge >= 0.3 is 0 Å². The Labute approximate surface area is 119 Å². The highest BCUT2D eigenvalue weighted by molar-refractivity contribution is 6.00. The maximum absolute atomic E-state index is 12.5. The molecule has 1 aliphatic carbocycles. The highest BCUT2D eigenvalue weighted by atomic mass is 16.1. The molecule has 1 atom stereocenters. The molecule has 1 fully saturated rings. The van der Waals surface area contributed by atoms with E-state index in [9.17, 15) is 9.59 Å². The summed E-state index contributed by atoms with van der Waals surface area (Å²) in [6.07, 6.45) is 4.40. The Bertz CT molecular complexity index is 467. The molecule has 20 heavy (non-hydrogen) atoms. The molecule has 1 saturated carbocycles. The first-order valence-electron chi connectivity index (χ1n) is 7.23. The Kier molecular flexibility index (Phi) is 4.90. The van der Waals surface area contributed by atoms with Crippen molar-refractivity contribution in [1.29, 1.82) is 0 Å². The first-order valence-corrected chi connectivity index (χ1v) is 7.23. The van der Waals surface area contributed by atoms with Crippen LogP contribution < -0.4 is 5.73 Å². The van der Waals surface area contributed by atoms with Gasteiger partial charge in [0.15, 0.2) is 5.78 Å². The molecule has 1 aromatic carbocycles. The van der Waals surface area contributed by atoms with Crippen LogP contribution >= 0.6 is 0 Å². The van der Waals surface area contributed by atoms with Crippen molar-refractivity contribution >= 4 is 11.7 Å². The average Bonchev–Trinajstić information content (AvgIpc) is 2.98. The zero-order valence-electron chi connectivity index (χ0n) is 11.9. The van der Waals surface area contributed by atoms with Crippen molar-refractivity contribution in [1.82, 2.24) is 4.90 Å². The molecule has 1 unspecified atom stereocenters. The number of hydrogen-bond donors (Lipinski definition) is 1. The lowest BCUT2D eigenvalue weighted by atomic mass is 10.0. The van der Waals surface area contributed by atoms with E-state index >= 15 is 0 Å². The second-order valence-corrected chi connectivity index (χ2v) is 5.48. The van der Waals surface area contributed by atoms with E-state index in [4.69, 9.17) is 5.73 Å². The fraction of sp³-hybridized carbons (Fsp3) is 0.500. The van der Waals surface area contributed by atoms with Gasteiger partial charge in [0.1, 0.15) is 0 Å². The van der Waals surface area contributed by atoms with Crippen LogP contribution in [-0.4, -0.2) is 35.2 Å². The minimum absolute atomic E-state index is 0.0544. The Balaban J connectivity index is 2.14. The van der Waals surface area contributed by atoms with Crippen LogP contribution in [0.4, 0.5) is 0 Å². The van der Waals surface area contributed by atoms with Crippen molar-refractivity contribution in [3.63, 3.8) is 0 Å². The van der Waals surface area contributed by atoms with Crippen molar-refractivity contribution in [2.45, 2.75) is 44.7 Å². The summed E-state index contributed by atoms with van der Waals surface area (Å²) in [5.74, 6) is -0.316. The second kappa shape index (κ2) is 6.66. The third-order valence-electron chi connectivity index (χ3n) is 4.07. The number of Topliss-reactive ketones (excluding diaryl/α,β-unsaturated/α-hetero) is 1. The number of carbonyl (C=O) groups excluding carboxylic acids is 2. The molecule has 2 N–H and O–H groups in total. The zero-order valence-corrected chi connectivity index (χ0v) is 11.9. The topological polar surface area (TPSA) is 63.4 Å². The van der Waals surface area contributed by atoms with E-state index in [-0.39, 0.29) is 24.3 Å². The van der Waals surface area contributed by atoms with Crippen molar-refractivity contribution in [3.05, 3.63) is 35.9 Å². The lowest BCUT2D eigenvalue weighted by Crippen LogP contribution is -2.48. The predicted octanol–water partition coefficient (Wildman–Crippen LogP) is 1.99. The fourth-order valence-corrected chi connectivity index (χ4v) is 2.99. The molecule has 1 amide bonds. The summed E-state index contributed by atoms with van der Waals surface area (Å²) in [7, 11) is 0. The Hall–Kier alpha value is -1.68. The van der Waals surface area contributed by atoms with Crippen LogP contribution in [0.25, 0.3) is 0 Å². The zero-order chi connectivity index (χ0) is 14.5. The highest BCUT2D eigenvalue weighted by Gasteiger charge is 2.31. The molecule has 2 rings (SSSR count). The van der Waals surface area contributed by atoms with Crippen LogP contribution in [-0.2, 0) is 4.79 Å². The summed E-state index contributed by atoms with van der Waals surface area (Å²) in [4.78, 5) is 25.8. The first-order chi connectivity index (χ1) is 9.59. The average molecular weight is 274 g/mol. The Morgan fingerprint density at radius 2 is 1.85 bits per heavy atom. The highest BCUT2D eigenvalue weighted by Crippen LogP contribution is 2.25. The van der Waals surface area contributed by atoms with Crippen LogP contribution in [0.2, 0.25) is 0 Å². The van der Waals surface area contributed by atoms with E-state index in [1.54, 1.807) is 0 Å². The lowest BCUT2D eigenvalue weighted by molar-refractivity contribution is -0.120. The van der Waals surface area contributed by atoms with Gasteiger partial charge in [-0.15, -0.1) is 0 Å². The molecule has 0 radical (unpaired) electrons. The molecule has 0 bridgehead atoms. The van der Waals surface area contributed by atoms with Gasteiger partial charge in [0.2, 0.25) is 5.91 Å². The molecule has 0 heterocycles. The van der Waals surface area contributed by atoms with Crippen molar-refractivity contribution < 1.29 is 9.59 Å². The van der Waals surface area contributed by atoms with Gasteiger partial charge in [0.25, 0.3) is 0 Å². The number of primary amides is 1. The summed E-state index contributed by atoms with van der Waals surface area (Å²) in [6, 6.07) is 9.21. The number of rotatable bonds is 6. The summed E-state index contributed by atoms with van der Waals surface area (Å²) < 4.78 is 0. The van der Waals surface area contributed by atoms with Gasteiger partial charge in [-0.2, -0.15) is 0 Å². The van der Waals surface area contributed by atoms with Gasteiger partial charge in [0.05, 0.1) is 12.6 Å². The standard InChI is InChI=1S/C16H22N2O2/c1-12(16(20)13-7-3-2-4-8-13)18(11-15(17)19)14-9-5-6-10-14/h2-4,7-8,12,14H,5-6,9-11H2,1H3,(H2,17,19). The Morgan fingerprint density at radius 1 is 1.25 bits per heavy atom. The van der Waals surface area contributed by atoms with Crippen LogP contribution in [0, 0.1) is 0 Å². The van der Waals surface area contributed by atoms with Crippen molar-refractivity contribution in [3.8, 4) is 0 Å². The van der Waals surface area contributed by atoms with Gasteiger partial charge in [-0.1, -0.05) is 43.2 Å².